The van der Waals surface area contributed by atoms with Crippen molar-refractivity contribution in [2.24, 2.45) is 5.92 Å². The summed E-state index contributed by atoms with van der Waals surface area (Å²) in [5, 5.41) is 3.42. The summed E-state index contributed by atoms with van der Waals surface area (Å²) in [4.78, 5) is 5.45. The molecule has 0 aliphatic carbocycles. The van der Waals surface area contributed by atoms with Gasteiger partial charge in [0.2, 0.25) is 0 Å². The number of nitrogens with zero attached hydrogens (tertiary/aromatic N) is 1. The average molecular weight is 343 g/mol. The van der Waals surface area contributed by atoms with Gasteiger partial charge in [-0.1, -0.05) is 13.8 Å². The van der Waals surface area contributed by atoms with E-state index >= 15 is 0 Å². The van der Waals surface area contributed by atoms with Crippen molar-refractivity contribution in [2.45, 2.75) is 26.7 Å². The lowest BCUT2D eigenvalue weighted by atomic mass is 10.2. The molecule has 3 nitrogen and oxygen atoms in total. The van der Waals surface area contributed by atoms with E-state index in [-0.39, 0.29) is 0 Å². The molecular formula is C14H19BrN2OS. The fourth-order valence-corrected chi connectivity index (χ4v) is 3.07. The lowest BCUT2D eigenvalue weighted by Crippen LogP contribution is -2.21. The van der Waals surface area contributed by atoms with Crippen molar-refractivity contribution in [3.63, 3.8) is 0 Å². The number of rotatable bonds is 7. The molecule has 0 aliphatic heterocycles. The van der Waals surface area contributed by atoms with Crippen LogP contribution < -0.4 is 5.32 Å². The first-order valence-electron chi connectivity index (χ1n) is 6.56. The molecule has 0 spiro atoms. The van der Waals surface area contributed by atoms with Crippen molar-refractivity contribution < 1.29 is 4.42 Å². The second-order valence-corrected chi connectivity index (χ2v) is 7.39. The highest BCUT2D eigenvalue weighted by molar-refractivity contribution is 9.11. The van der Waals surface area contributed by atoms with Crippen LogP contribution in [-0.4, -0.2) is 18.1 Å². The zero-order chi connectivity index (χ0) is 13.7. The van der Waals surface area contributed by atoms with Gasteiger partial charge in [-0.05, 0) is 53.5 Å². The maximum absolute atomic E-state index is 5.76. The lowest BCUT2D eigenvalue weighted by Gasteiger charge is -2.05. The fraction of sp³-hybridized carbons (Fsp3) is 0.500. The molecule has 5 heteroatoms. The van der Waals surface area contributed by atoms with Crippen LogP contribution in [0.25, 0.3) is 10.6 Å². The van der Waals surface area contributed by atoms with E-state index < -0.39 is 0 Å². The van der Waals surface area contributed by atoms with Crippen LogP contribution in [-0.2, 0) is 6.42 Å². The van der Waals surface area contributed by atoms with E-state index in [0.29, 0.717) is 5.92 Å². The minimum absolute atomic E-state index is 0.700. The molecule has 104 valence electrons. The smallest absolute Gasteiger partial charge is 0.194 e. The Morgan fingerprint density at radius 1 is 1.42 bits per heavy atom. The van der Waals surface area contributed by atoms with Crippen LogP contribution in [0.15, 0.2) is 26.5 Å². The maximum atomic E-state index is 5.76. The molecule has 2 heterocycles. The third kappa shape index (κ3) is 4.75. The Morgan fingerprint density at radius 2 is 2.26 bits per heavy atom. The Morgan fingerprint density at radius 3 is 2.95 bits per heavy atom. The third-order valence-electron chi connectivity index (χ3n) is 2.67. The van der Waals surface area contributed by atoms with E-state index in [9.17, 15) is 0 Å². The summed E-state index contributed by atoms with van der Waals surface area (Å²) in [7, 11) is 0. The summed E-state index contributed by atoms with van der Waals surface area (Å²) in [5.41, 5.74) is 0. The molecule has 1 N–H and O–H groups in total. The molecule has 0 fully saturated rings. The van der Waals surface area contributed by atoms with Crippen molar-refractivity contribution in [2.75, 3.05) is 13.1 Å². The van der Waals surface area contributed by atoms with Crippen LogP contribution in [0.4, 0.5) is 0 Å². The van der Waals surface area contributed by atoms with Crippen molar-refractivity contribution in [1.29, 1.82) is 0 Å². The molecule has 0 atom stereocenters. The molecule has 0 aliphatic rings. The van der Waals surface area contributed by atoms with Crippen LogP contribution >= 0.6 is 27.3 Å². The summed E-state index contributed by atoms with van der Waals surface area (Å²) in [5.74, 6) is 2.39. The third-order valence-corrected chi connectivity index (χ3v) is 4.30. The molecule has 0 radical (unpaired) electrons. The first-order chi connectivity index (χ1) is 9.15. The largest absolute Gasteiger partial charge is 0.440 e. The van der Waals surface area contributed by atoms with Gasteiger partial charge >= 0.3 is 0 Å². The second-order valence-electron chi connectivity index (χ2n) is 4.92. The van der Waals surface area contributed by atoms with Crippen LogP contribution in [0.1, 0.15) is 26.2 Å². The van der Waals surface area contributed by atoms with Gasteiger partial charge in [0, 0.05) is 6.42 Å². The van der Waals surface area contributed by atoms with E-state index in [4.69, 9.17) is 4.42 Å². The minimum atomic E-state index is 0.700. The van der Waals surface area contributed by atoms with E-state index in [0.717, 1.165) is 46.2 Å². The number of thiophene rings is 1. The predicted molar refractivity (Wildman–Crippen MR) is 83.5 cm³/mol. The van der Waals surface area contributed by atoms with Crippen molar-refractivity contribution >= 4 is 27.3 Å². The Hall–Kier alpha value is -0.650. The van der Waals surface area contributed by atoms with E-state index in [1.165, 1.54) is 0 Å². The summed E-state index contributed by atoms with van der Waals surface area (Å²) < 4.78 is 6.87. The van der Waals surface area contributed by atoms with E-state index in [2.05, 4.69) is 40.1 Å². The SMILES string of the molecule is CC(C)CNCCCc1ncc(-c2ccc(Br)s2)o1. The van der Waals surface area contributed by atoms with Gasteiger partial charge in [-0.15, -0.1) is 11.3 Å². The summed E-state index contributed by atoms with van der Waals surface area (Å²) in [6, 6.07) is 4.07. The zero-order valence-corrected chi connectivity index (χ0v) is 13.7. The molecule has 0 bridgehead atoms. The molecule has 2 aromatic rings. The Balaban J connectivity index is 1.78. The topological polar surface area (TPSA) is 38.1 Å². The number of nitrogens with one attached hydrogen (secondary N) is 1. The Labute approximate surface area is 126 Å². The molecule has 0 saturated heterocycles. The first-order valence-corrected chi connectivity index (χ1v) is 8.17. The molecule has 0 aromatic carbocycles. The van der Waals surface area contributed by atoms with E-state index in [1.807, 2.05) is 18.3 Å². The number of hydrogen-bond acceptors (Lipinski definition) is 4. The number of aromatic nitrogens is 1. The minimum Gasteiger partial charge on any atom is -0.440 e. The highest BCUT2D eigenvalue weighted by Crippen LogP contribution is 2.31. The molecule has 2 rings (SSSR count). The average Bonchev–Trinajstić information content (AvgIpc) is 2.97. The molecular weight excluding hydrogens is 324 g/mol. The summed E-state index contributed by atoms with van der Waals surface area (Å²) in [6.07, 6.45) is 3.76. The Bertz CT molecular complexity index is 507. The molecule has 19 heavy (non-hydrogen) atoms. The van der Waals surface area contributed by atoms with Crippen molar-refractivity contribution in [1.82, 2.24) is 10.3 Å². The van der Waals surface area contributed by atoms with Gasteiger partial charge in [-0.25, -0.2) is 4.98 Å². The highest BCUT2D eigenvalue weighted by atomic mass is 79.9. The normalized spacial score (nSPS) is 11.4. The van der Waals surface area contributed by atoms with Gasteiger partial charge in [0.05, 0.1) is 14.9 Å². The van der Waals surface area contributed by atoms with Crippen LogP contribution in [0.2, 0.25) is 0 Å². The summed E-state index contributed by atoms with van der Waals surface area (Å²) in [6.45, 7) is 6.51. The van der Waals surface area contributed by atoms with Crippen molar-refractivity contribution in [3.05, 3.63) is 28.0 Å². The van der Waals surface area contributed by atoms with Gasteiger partial charge in [-0.3, -0.25) is 0 Å². The van der Waals surface area contributed by atoms with E-state index in [1.54, 1.807) is 11.3 Å². The van der Waals surface area contributed by atoms with Crippen molar-refractivity contribution in [3.8, 4) is 10.6 Å². The molecule has 0 saturated carbocycles. The number of aryl methyl sites for hydroxylation is 1. The van der Waals surface area contributed by atoms with Gasteiger partial charge in [0.15, 0.2) is 11.7 Å². The van der Waals surface area contributed by atoms with Crippen LogP contribution in [0.5, 0.6) is 0 Å². The van der Waals surface area contributed by atoms with Gasteiger partial charge in [0.25, 0.3) is 0 Å². The fourth-order valence-electron chi connectivity index (χ4n) is 1.74. The molecule has 2 aromatic heterocycles. The van der Waals surface area contributed by atoms with Gasteiger partial charge in [-0.2, -0.15) is 0 Å². The maximum Gasteiger partial charge on any atom is 0.194 e. The van der Waals surface area contributed by atoms with Crippen LogP contribution in [0.3, 0.4) is 0 Å². The lowest BCUT2D eigenvalue weighted by molar-refractivity contribution is 0.484. The first kappa shape index (κ1) is 14.8. The van der Waals surface area contributed by atoms with Crippen LogP contribution in [0, 0.1) is 5.92 Å². The second kappa shape index (κ2) is 7.22. The molecule has 0 unspecified atom stereocenters. The quantitative estimate of drug-likeness (QED) is 0.760. The summed E-state index contributed by atoms with van der Waals surface area (Å²) >= 11 is 5.12. The monoisotopic (exact) mass is 342 g/mol. The number of hydrogen-bond donors (Lipinski definition) is 1. The zero-order valence-electron chi connectivity index (χ0n) is 11.3. The number of oxazole rings is 1. The molecule has 0 amide bonds. The Kier molecular flexibility index (Phi) is 5.60. The highest BCUT2D eigenvalue weighted by Gasteiger charge is 2.08. The standard InChI is InChI=1S/C14H19BrN2OS/c1-10(2)8-16-7-3-4-14-17-9-11(18-14)12-5-6-13(15)19-12/h5-6,9-10,16H,3-4,7-8H2,1-2H3. The predicted octanol–water partition coefficient (Wildman–Crippen LogP) is 4.34. The number of halogens is 1. The van der Waals surface area contributed by atoms with Gasteiger partial charge < -0.3 is 9.73 Å². The van der Waals surface area contributed by atoms with Gasteiger partial charge in [0.1, 0.15) is 0 Å².